The first kappa shape index (κ1) is 22.9. The van der Waals surface area contributed by atoms with E-state index < -0.39 is 24.1 Å². The van der Waals surface area contributed by atoms with Gasteiger partial charge < -0.3 is 20.5 Å². The molecule has 0 aliphatic carbocycles. The van der Waals surface area contributed by atoms with Gasteiger partial charge in [-0.15, -0.1) is 0 Å². The number of amides is 2. The third kappa shape index (κ3) is 7.24. The Balaban J connectivity index is 1.97. The Morgan fingerprint density at radius 2 is 1.57 bits per heavy atom. The van der Waals surface area contributed by atoms with Crippen LogP contribution in [0.4, 0.5) is 4.79 Å². The van der Waals surface area contributed by atoms with Gasteiger partial charge in [-0.2, -0.15) is 0 Å². The molecule has 0 saturated heterocycles. The predicted octanol–water partition coefficient (Wildman–Crippen LogP) is 2.96. The zero-order valence-electron chi connectivity index (χ0n) is 17.4. The zero-order valence-corrected chi connectivity index (χ0v) is 17.4. The van der Waals surface area contributed by atoms with Crippen molar-refractivity contribution in [1.29, 1.82) is 0 Å². The van der Waals surface area contributed by atoms with E-state index in [1.807, 2.05) is 30.3 Å². The Bertz CT molecular complexity index is 850. The zero-order chi connectivity index (χ0) is 22.1. The Morgan fingerprint density at radius 3 is 2.13 bits per heavy atom. The van der Waals surface area contributed by atoms with Crippen LogP contribution in [0.3, 0.4) is 0 Å². The molecule has 0 aliphatic rings. The van der Waals surface area contributed by atoms with Gasteiger partial charge >= 0.3 is 6.09 Å². The van der Waals surface area contributed by atoms with Crippen molar-refractivity contribution in [3.05, 3.63) is 65.7 Å². The first-order chi connectivity index (χ1) is 14.3. The SMILES string of the molecule is CC(=O)[C@H](Cc1ccc(O)cc1)NC(=O)[C@@H](NC(=O)OCc1ccccc1)C(C)C. The smallest absolute Gasteiger partial charge is 0.408 e. The van der Waals surface area contributed by atoms with Crippen LogP contribution in [-0.4, -0.2) is 35.0 Å². The average molecular weight is 412 g/mol. The fraction of sp³-hybridized carbons (Fsp3) is 0.348. The molecule has 0 spiro atoms. The molecule has 2 amide bonds. The number of phenolic OH excluding ortho intramolecular Hbond substituents is 1. The van der Waals surface area contributed by atoms with Crippen molar-refractivity contribution in [3.63, 3.8) is 0 Å². The summed E-state index contributed by atoms with van der Waals surface area (Å²) in [5, 5.41) is 14.7. The lowest BCUT2D eigenvalue weighted by Gasteiger charge is -2.24. The number of aromatic hydroxyl groups is 1. The normalized spacial score (nSPS) is 12.7. The maximum absolute atomic E-state index is 12.8. The standard InChI is InChI=1S/C23H28N2O5/c1-15(2)21(25-23(29)30-14-18-7-5-4-6-8-18)22(28)24-20(16(3)26)13-17-9-11-19(27)12-10-17/h4-12,15,20-21,27H,13-14H2,1-3H3,(H,24,28)(H,25,29)/t20-,21-/m0/s1. The van der Waals surface area contributed by atoms with E-state index in [0.29, 0.717) is 0 Å². The van der Waals surface area contributed by atoms with Crippen molar-refractivity contribution >= 4 is 17.8 Å². The van der Waals surface area contributed by atoms with E-state index in [2.05, 4.69) is 10.6 Å². The van der Waals surface area contributed by atoms with Crippen molar-refractivity contribution < 1.29 is 24.2 Å². The molecule has 160 valence electrons. The molecule has 2 aromatic carbocycles. The minimum Gasteiger partial charge on any atom is -0.508 e. The second-order valence-corrected chi connectivity index (χ2v) is 7.47. The lowest BCUT2D eigenvalue weighted by Crippen LogP contribution is -2.54. The summed E-state index contributed by atoms with van der Waals surface area (Å²) in [6.07, 6.45) is -0.421. The van der Waals surface area contributed by atoms with E-state index in [9.17, 15) is 19.5 Å². The van der Waals surface area contributed by atoms with Crippen LogP contribution in [0.25, 0.3) is 0 Å². The summed E-state index contributed by atoms with van der Waals surface area (Å²) in [7, 11) is 0. The number of Topliss-reactive ketones (excluding diaryl/α,β-unsaturated/α-hetero) is 1. The summed E-state index contributed by atoms with van der Waals surface area (Å²) in [5.74, 6) is -0.748. The van der Waals surface area contributed by atoms with Gasteiger partial charge in [0, 0.05) is 0 Å². The Kier molecular flexibility index (Phi) is 8.41. The molecule has 0 aliphatic heterocycles. The highest BCUT2D eigenvalue weighted by Crippen LogP contribution is 2.12. The average Bonchev–Trinajstić information content (AvgIpc) is 2.71. The van der Waals surface area contributed by atoms with E-state index in [-0.39, 0.29) is 30.5 Å². The van der Waals surface area contributed by atoms with E-state index in [0.717, 1.165) is 11.1 Å². The topological polar surface area (TPSA) is 105 Å². The van der Waals surface area contributed by atoms with Crippen LogP contribution in [0.1, 0.15) is 31.9 Å². The number of ether oxygens (including phenoxy) is 1. The van der Waals surface area contributed by atoms with Gasteiger partial charge in [0.15, 0.2) is 5.78 Å². The molecule has 0 unspecified atom stereocenters. The lowest BCUT2D eigenvalue weighted by atomic mass is 10.00. The Hall–Kier alpha value is -3.35. The third-order valence-electron chi connectivity index (χ3n) is 4.62. The highest BCUT2D eigenvalue weighted by Gasteiger charge is 2.28. The van der Waals surface area contributed by atoms with Gasteiger partial charge in [0.25, 0.3) is 0 Å². The molecular formula is C23H28N2O5. The van der Waals surface area contributed by atoms with Gasteiger partial charge in [-0.3, -0.25) is 9.59 Å². The lowest BCUT2D eigenvalue weighted by molar-refractivity contribution is -0.128. The van der Waals surface area contributed by atoms with Crippen molar-refractivity contribution in [2.75, 3.05) is 0 Å². The Morgan fingerprint density at radius 1 is 0.933 bits per heavy atom. The maximum atomic E-state index is 12.8. The van der Waals surface area contributed by atoms with Crippen LogP contribution in [-0.2, 0) is 27.4 Å². The second kappa shape index (κ2) is 11.0. The summed E-state index contributed by atoms with van der Waals surface area (Å²) in [6.45, 7) is 5.09. The third-order valence-corrected chi connectivity index (χ3v) is 4.62. The maximum Gasteiger partial charge on any atom is 0.408 e. The van der Waals surface area contributed by atoms with E-state index in [1.165, 1.54) is 19.1 Å². The number of carbonyl (C=O) groups is 3. The number of phenols is 1. The summed E-state index contributed by atoms with van der Waals surface area (Å²) in [5.41, 5.74) is 1.63. The number of alkyl carbamates (subject to hydrolysis) is 1. The van der Waals surface area contributed by atoms with Crippen LogP contribution in [0, 0.1) is 5.92 Å². The molecule has 0 saturated carbocycles. The number of rotatable bonds is 9. The number of hydrogen-bond acceptors (Lipinski definition) is 5. The fourth-order valence-electron chi connectivity index (χ4n) is 2.85. The Labute approximate surface area is 176 Å². The molecular weight excluding hydrogens is 384 g/mol. The van der Waals surface area contributed by atoms with Crippen molar-refractivity contribution in [3.8, 4) is 5.75 Å². The molecule has 2 aromatic rings. The summed E-state index contributed by atoms with van der Waals surface area (Å²) in [6, 6.07) is 14.1. The highest BCUT2D eigenvalue weighted by molar-refractivity contribution is 5.91. The van der Waals surface area contributed by atoms with Crippen molar-refractivity contribution in [1.82, 2.24) is 10.6 Å². The van der Waals surface area contributed by atoms with Gasteiger partial charge in [0.2, 0.25) is 5.91 Å². The van der Waals surface area contributed by atoms with E-state index in [1.54, 1.807) is 26.0 Å². The molecule has 0 aromatic heterocycles. The van der Waals surface area contributed by atoms with Gasteiger partial charge in [-0.1, -0.05) is 56.3 Å². The predicted molar refractivity (Wildman–Crippen MR) is 113 cm³/mol. The van der Waals surface area contributed by atoms with Crippen LogP contribution in [0.15, 0.2) is 54.6 Å². The summed E-state index contributed by atoms with van der Waals surface area (Å²) in [4.78, 5) is 37.0. The molecule has 3 N–H and O–H groups in total. The first-order valence-corrected chi connectivity index (χ1v) is 9.82. The summed E-state index contributed by atoms with van der Waals surface area (Å²) < 4.78 is 5.20. The van der Waals surface area contributed by atoms with Crippen LogP contribution < -0.4 is 10.6 Å². The molecule has 2 rings (SSSR count). The highest BCUT2D eigenvalue weighted by atomic mass is 16.5. The molecule has 30 heavy (non-hydrogen) atoms. The molecule has 0 radical (unpaired) electrons. The van der Waals surface area contributed by atoms with Gasteiger partial charge in [-0.05, 0) is 42.5 Å². The molecule has 0 fully saturated rings. The van der Waals surface area contributed by atoms with E-state index in [4.69, 9.17) is 4.74 Å². The van der Waals surface area contributed by atoms with Crippen LogP contribution in [0.2, 0.25) is 0 Å². The monoisotopic (exact) mass is 412 g/mol. The minimum absolute atomic E-state index is 0.0933. The fourth-order valence-corrected chi connectivity index (χ4v) is 2.85. The quantitative estimate of drug-likeness (QED) is 0.587. The number of hydrogen-bond donors (Lipinski definition) is 3. The minimum atomic E-state index is -0.852. The number of carbonyl (C=O) groups excluding carboxylic acids is 3. The molecule has 0 bridgehead atoms. The van der Waals surface area contributed by atoms with Crippen molar-refractivity contribution in [2.45, 2.75) is 45.9 Å². The first-order valence-electron chi connectivity index (χ1n) is 9.82. The van der Waals surface area contributed by atoms with Crippen LogP contribution in [0.5, 0.6) is 5.75 Å². The van der Waals surface area contributed by atoms with Crippen molar-refractivity contribution in [2.24, 2.45) is 5.92 Å². The van der Waals surface area contributed by atoms with Gasteiger partial charge in [-0.25, -0.2) is 4.79 Å². The van der Waals surface area contributed by atoms with Gasteiger partial charge in [0.1, 0.15) is 18.4 Å². The molecule has 2 atom stereocenters. The van der Waals surface area contributed by atoms with E-state index >= 15 is 0 Å². The number of ketones is 1. The van der Waals surface area contributed by atoms with Crippen LogP contribution >= 0.6 is 0 Å². The number of benzene rings is 2. The largest absolute Gasteiger partial charge is 0.508 e. The second-order valence-electron chi connectivity index (χ2n) is 7.47. The molecule has 7 nitrogen and oxygen atoms in total. The molecule has 0 heterocycles. The number of nitrogens with one attached hydrogen (secondary N) is 2. The summed E-state index contributed by atoms with van der Waals surface area (Å²) >= 11 is 0. The molecule has 7 heteroatoms. The van der Waals surface area contributed by atoms with Gasteiger partial charge in [0.05, 0.1) is 6.04 Å².